The summed E-state index contributed by atoms with van der Waals surface area (Å²) in [7, 11) is -1.11. The fourth-order valence-electron chi connectivity index (χ4n) is 3.19. The molecule has 27 heavy (non-hydrogen) atoms. The Morgan fingerprint density at radius 2 is 1.78 bits per heavy atom. The Kier molecular flexibility index (Phi) is 9.75. The molecule has 0 unspecified atom stereocenters. The van der Waals surface area contributed by atoms with Crippen molar-refractivity contribution in [3.8, 4) is 0 Å². The maximum absolute atomic E-state index is 12.2. The van der Waals surface area contributed by atoms with Crippen LogP contribution in [0.1, 0.15) is 59.3 Å². The molecule has 1 saturated carbocycles. The van der Waals surface area contributed by atoms with Crippen LogP contribution in [0.15, 0.2) is 0 Å². The average molecular weight is 404 g/mol. The fourth-order valence-corrected chi connectivity index (χ4v) is 3.94. The van der Waals surface area contributed by atoms with E-state index in [4.69, 9.17) is 14.2 Å². The lowest BCUT2D eigenvalue weighted by molar-refractivity contribution is -0.0697. The Bertz CT molecular complexity index is 439. The summed E-state index contributed by atoms with van der Waals surface area (Å²) in [6.07, 6.45) is 4.75. The molecular formula is C20H41NO5Si. The van der Waals surface area contributed by atoms with Crippen LogP contribution >= 0.6 is 0 Å². The van der Waals surface area contributed by atoms with E-state index in [1.54, 1.807) is 0 Å². The summed E-state index contributed by atoms with van der Waals surface area (Å²) in [6.45, 7) is 13.6. The second-order valence-corrected chi connectivity index (χ2v) is 15.7. The second-order valence-electron chi connectivity index (χ2n) is 10.0. The largest absolute Gasteiger partial charge is 0.444 e. The monoisotopic (exact) mass is 403 g/mol. The van der Waals surface area contributed by atoms with Crippen molar-refractivity contribution in [2.45, 2.75) is 102 Å². The molecule has 0 bridgehead atoms. The number of carbonyl (C=O) groups excluding carboxylic acids is 1. The van der Waals surface area contributed by atoms with Gasteiger partial charge < -0.3 is 24.6 Å². The van der Waals surface area contributed by atoms with Gasteiger partial charge in [0, 0.05) is 14.7 Å². The van der Waals surface area contributed by atoms with Crippen molar-refractivity contribution >= 4 is 14.2 Å². The third kappa shape index (κ3) is 12.4. The SMILES string of the molecule is CC(C)(C)OC(=O)N[C@H](COCOCC[Si](C)(C)C)CC1(O)CCCCC1. The maximum Gasteiger partial charge on any atom is 0.407 e. The van der Waals surface area contributed by atoms with E-state index in [2.05, 4.69) is 25.0 Å². The van der Waals surface area contributed by atoms with Gasteiger partial charge in [-0.05, 0) is 46.1 Å². The van der Waals surface area contributed by atoms with Crippen LogP contribution in [0.2, 0.25) is 25.7 Å². The highest BCUT2D eigenvalue weighted by Gasteiger charge is 2.33. The Balaban J connectivity index is 2.48. The van der Waals surface area contributed by atoms with Crippen molar-refractivity contribution in [3.05, 3.63) is 0 Å². The van der Waals surface area contributed by atoms with Crippen molar-refractivity contribution in [2.24, 2.45) is 0 Å². The van der Waals surface area contributed by atoms with Gasteiger partial charge in [0.1, 0.15) is 12.4 Å². The number of ether oxygens (including phenoxy) is 3. The van der Waals surface area contributed by atoms with Crippen LogP contribution in [0.4, 0.5) is 4.79 Å². The van der Waals surface area contributed by atoms with E-state index < -0.39 is 25.4 Å². The highest BCUT2D eigenvalue weighted by Crippen LogP contribution is 2.32. The molecule has 0 spiro atoms. The molecule has 6 nitrogen and oxygen atoms in total. The molecule has 0 aliphatic heterocycles. The van der Waals surface area contributed by atoms with Gasteiger partial charge in [-0.1, -0.05) is 38.9 Å². The second kappa shape index (κ2) is 10.8. The predicted molar refractivity (Wildman–Crippen MR) is 111 cm³/mol. The molecule has 160 valence electrons. The number of amides is 1. The first-order valence-electron chi connectivity index (χ1n) is 10.3. The Hall–Kier alpha value is -0.633. The molecule has 1 amide bonds. The molecule has 1 rings (SSSR count). The van der Waals surface area contributed by atoms with Gasteiger partial charge in [-0.3, -0.25) is 0 Å². The molecule has 1 aliphatic carbocycles. The van der Waals surface area contributed by atoms with Crippen LogP contribution in [-0.2, 0) is 14.2 Å². The topological polar surface area (TPSA) is 77.0 Å². The molecule has 1 atom stereocenters. The molecule has 1 fully saturated rings. The zero-order valence-corrected chi connectivity index (χ0v) is 19.2. The number of hydrogen-bond donors (Lipinski definition) is 2. The van der Waals surface area contributed by atoms with Gasteiger partial charge in [0.25, 0.3) is 0 Å². The van der Waals surface area contributed by atoms with E-state index in [1.807, 2.05) is 20.8 Å². The van der Waals surface area contributed by atoms with E-state index in [0.29, 0.717) is 19.6 Å². The van der Waals surface area contributed by atoms with Gasteiger partial charge in [-0.25, -0.2) is 4.79 Å². The van der Waals surface area contributed by atoms with Crippen molar-refractivity contribution < 1.29 is 24.1 Å². The number of rotatable bonds is 10. The first-order valence-corrected chi connectivity index (χ1v) is 14.0. The van der Waals surface area contributed by atoms with Gasteiger partial charge in [-0.15, -0.1) is 0 Å². The number of alkyl carbamates (subject to hydrolysis) is 1. The Morgan fingerprint density at radius 3 is 2.33 bits per heavy atom. The van der Waals surface area contributed by atoms with Crippen molar-refractivity contribution in [1.29, 1.82) is 0 Å². The summed E-state index contributed by atoms with van der Waals surface area (Å²) >= 11 is 0. The van der Waals surface area contributed by atoms with Crippen LogP contribution in [0.3, 0.4) is 0 Å². The molecule has 1 aliphatic rings. The van der Waals surface area contributed by atoms with Crippen LogP contribution in [-0.4, -0.2) is 56.5 Å². The smallest absolute Gasteiger partial charge is 0.407 e. The molecule has 7 heteroatoms. The number of carbonyl (C=O) groups is 1. The van der Waals surface area contributed by atoms with E-state index in [0.717, 1.165) is 38.1 Å². The summed E-state index contributed by atoms with van der Waals surface area (Å²) in [5.41, 5.74) is -1.29. The number of nitrogens with one attached hydrogen (secondary N) is 1. The quantitative estimate of drug-likeness (QED) is 0.323. The van der Waals surface area contributed by atoms with Gasteiger partial charge in [0.05, 0.1) is 18.2 Å². The Morgan fingerprint density at radius 1 is 1.15 bits per heavy atom. The fraction of sp³-hybridized carbons (Fsp3) is 0.950. The van der Waals surface area contributed by atoms with E-state index in [9.17, 15) is 9.90 Å². The molecule has 0 aromatic rings. The minimum atomic E-state index is -1.11. The highest BCUT2D eigenvalue weighted by molar-refractivity contribution is 6.76. The van der Waals surface area contributed by atoms with Crippen LogP contribution in [0.5, 0.6) is 0 Å². The summed E-state index contributed by atoms with van der Waals surface area (Å²) in [4.78, 5) is 12.2. The lowest BCUT2D eigenvalue weighted by atomic mass is 9.80. The summed E-state index contributed by atoms with van der Waals surface area (Å²) < 4.78 is 16.6. The maximum atomic E-state index is 12.2. The zero-order chi connectivity index (χ0) is 20.6. The minimum Gasteiger partial charge on any atom is -0.444 e. The predicted octanol–water partition coefficient (Wildman–Crippen LogP) is 4.29. The molecular weight excluding hydrogens is 362 g/mol. The normalized spacial score (nSPS) is 18.8. The first-order chi connectivity index (χ1) is 12.4. The molecule has 0 saturated heterocycles. The third-order valence-electron chi connectivity index (χ3n) is 4.61. The third-order valence-corrected chi connectivity index (χ3v) is 6.32. The van der Waals surface area contributed by atoms with Crippen molar-refractivity contribution in [2.75, 3.05) is 20.0 Å². The summed E-state index contributed by atoms with van der Waals surface area (Å²) in [6, 6.07) is 0.791. The van der Waals surface area contributed by atoms with Gasteiger partial charge in [0.15, 0.2) is 0 Å². The van der Waals surface area contributed by atoms with Crippen LogP contribution < -0.4 is 5.32 Å². The molecule has 0 aromatic carbocycles. The van der Waals surface area contributed by atoms with Crippen molar-refractivity contribution in [1.82, 2.24) is 5.32 Å². The summed E-state index contributed by atoms with van der Waals surface area (Å²) in [5.74, 6) is 0. The van der Waals surface area contributed by atoms with Gasteiger partial charge >= 0.3 is 6.09 Å². The van der Waals surface area contributed by atoms with E-state index in [-0.39, 0.29) is 12.8 Å². The van der Waals surface area contributed by atoms with E-state index in [1.165, 1.54) is 0 Å². The highest BCUT2D eigenvalue weighted by atomic mass is 28.3. The van der Waals surface area contributed by atoms with Gasteiger partial charge in [0.2, 0.25) is 0 Å². The van der Waals surface area contributed by atoms with Crippen molar-refractivity contribution in [3.63, 3.8) is 0 Å². The minimum absolute atomic E-state index is 0.204. The first kappa shape index (κ1) is 24.4. The van der Waals surface area contributed by atoms with Crippen LogP contribution in [0.25, 0.3) is 0 Å². The zero-order valence-electron chi connectivity index (χ0n) is 18.2. The Labute approximate surface area is 166 Å². The molecule has 0 heterocycles. The average Bonchev–Trinajstić information content (AvgIpc) is 2.47. The number of hydrogen-bond acceptors (Lipinski definition) is 5. The lowest BCUT2D eigenvalue weighted by Gasteiger charge is -2.35. The molecule has 0 aromatic heterocycles. The lowest BCUT2D eigenvalue weighted by Crippen LogP contribution is -2.47. The number of aliphatic hydroxyl groups is 1. The molecule has 2 N–H and O–H groups in total. The standard InChI is InChI=1S/C20H41NO5Si/c1-19(2,3)26-18(22)21-17(14-20(23)10-8-7-9-11-20)15-25-16-24-12-13-27(4,5)6/h17,23H,7-16H2,1-6H3,(H,21,22)/t17-/m0/s1. The molecule has 0 radical (unpaired) electrons. The van der Waals surface area contributed by atoms with E-state index >= 15 is 0 Å². The van der Waals surface area contributed by atoms with Gasteiger partial charge in [-0.2, -0.15) is 0 Å². The summed E-state index contributed by atoms with van der Waals surface area (Å²) in [5, 5.41) is 13.7. The van der Waals surface area contributed by atoms with Crippen LogP contribution in [0, 0.1) is 0 Å².